The average Bonchev–Trinajstić information content (AvgIpc) is 2.46. The SMILES string of the molecule is CNC(=O)C(C)(C)CNCc1cc2ccccc2[nH]c1=O. The monoisotopic (exact) mass is 287 g/mol. The first-order chi connectivity index (χ1) is 9.94. The van der Waals surface area contributed by atoms with E-state index in [1.54, 1.807) is 7.05 Å². The molecule has 1 heterocycles. The van der Waals surface area contributed by atoms with Crippen molar-refractivity contribution in [3.63, 3.8) is 0 Å². The fourth-order valence-electron chi connectivity index (χ4n) is 2.25. The Hall–Kier alpha value is -2.14. The van der Waals surface area contributed by atoms with E-state index in [4.69, 9.17) is 0 Å². The van der Waals surface area contributed by atoms with Gasteiger partial charge in [-0.3, -0.25) is 9.59 Å². The van der Waals surface area contributed by atoms with Gasteiger partial charge in [-0.05, 0) is 31.4 Å². The first-order valence-corrected chi connectivity index (χ1v) is 6.98. The van der Waals surface area contributed by atoms with Crippen LogP contribution in [0.1, 0.15) is 19.4 Å². The van der Waals surface area contributed by atoms with Gasteiger partial charge < -0.3 is 15.6 Å². The third-order valence-corrected chi connectivity index (χ3v) is 3.55. The molecule has 0 atom stereocenters. The van der Waals surface area contributed by atoms with Crippen LogP contribution in [0.5, 0.6) is 0 Å². The summed E-state index contributed by atoms with van der Waals surface area (Å²) in [4.78, 5) is 26.6. The lowest BCUT2D eigenvalue weighted by Gasteiger charge is -2.22. The molecule has 0 saturated heterocycles. The number of nitrogens with one attached hydrogen (secondary N) is 3. The number of fused-ring (bicyclic) bond motifs is 1. The van der Waals surface area contributed by atoms with Gasteiger partial charge in [-0.15, -0.1) is 0 Å². The second kappa shape index (κ2) is 6.10. The fraction of sp³-hybridized carbons (Fsp3) is 0.375. The molecule has 0 radical (unpaired) electrons. The first kappa shape index (κ1) is 15.3. The minimum absolute atomic E-state index is 0.0255. The summed E-state index contributed by atoms with van der Waals surface area (Å²) >= 11 is 0. The van der Waals surface area contributed by atoms with E-state index in [0.29, 0.717) is 18.7 Å². The smallest absolute Gasteiger partial charge is 0.252 e. The Balaban J connectivity index is 2.09. The molecule has 5 heteroatoms. The van der Waals surface area contributed by atoms with Gasteiger partial charge in [0.05, 0.1) is 5.41 Å². The highest BCUT2D eigenvalue weighted by Gasteiger charge is 2.25. The minimum Gasteiger partial charge on any atom is -0.359 e. The molecule has 0 fully saturated rings. The van der Waals surface area contributed by atoms with Crippen LogP contribution in [0.3, 0.4) is 0 Å². The summed E-state index contributed by atoms with van der Waals surface area (Å²) in [5.74, 6) is -0.0255. The van der Waals surface area contributed by atoms with E-state index < -0.39 is 5.41 Å². The van der Waals surface area contributed by atoms with E-state index >= 15 is 0 Å². The van der Waals surface area contributed by atoms with Crippen LogP contribution in [0.25, 0.3) is 10.9 Å². The number of benzene rings is 1. The molecule has 1 aromatic heterocycles. The van der Waals surface area contributed by atoms with Gasteiger partial charge in [0.2, 0.25) is 5.91 Å². The van der Waals surface area contributed by atoms with Gasteiger partial charge in [0.15, 0.2) is 0 Å². The molecular formula is C16H21N3O2. The molecule has 5 nitrogen and oxygen atoms in total. The number of aromatic amines is 1. The number of hydrogen-bond donors (Lipinski definition) is 3. The van der Waals surface area contributed by atoms with Crippen LogP contribution < -0.4 is 16.2 Å². The Morgan fingerprint density at radius 2 is 2.00 bits per heavy atom. The van der Waals surface area contributed by atoms with Crippen molar-refractivity contribution in [3.05, 3.63) is 46.2 Å². The van der Waals surface area contributed by atoms with Crippen LogP contribution in [-0.4, -0.2) is 24.5 Å². The molecule has 21 heavy (non-hydrogen) atoms. The molecule has 0 aliphatic carbocycles. The predicted molar refractivity (Wildman–Crippen MR) is 84.1 cm³/mol. The Kier molecular flexibility index (Phi) is 4.43. The molecule has 2 rings (SSSR count). The molecule has 0 unspecified atom stereocenters. The zero-order chi connectivity index (χ0) is 15.5. The third-order valence-electron chi connectivity index (χ3n) is 3.55. The van der Waals surface area contributed by atoms with Crippen molar-refractivity contribution in [3.8, 4) is 0 Å². The average molecular weight is 287 g/mol. The van der Waals surface area contributed by atoms with Gasteiger partial charge >= 0.3 is 0 Å². The summed E-state index contributed by atoms with van der Waals surface area (Å²) in [7, 11) is 1.62. The first-order valence-electron chi connectivity index (χ1n) is 6.98. The van der Waals surface area contributed by atoms with Gasteiger partial charge in [0.25, 0.3) is 5.56 Å². The number of para-hydroxylation sites is 1. The van der Waals surface area contributed by atoms with Crippen molar-refractivity contribution >= 4 is 16.8 Å². The highest BCUT2D eigenvalue weighted by molar-refractivity contribution is 5.81. The molecule has 0 aliphatic heterocycles. The van der Waals surface area contributed by atoms with E-state index in [2.05, 4.69) is 15.6 Å². The Morgan fingerprint density at radius 3 is 2.71 bits per heavy atom. The summed E-state index contributed by atoms with van der Waals surface area (Å²) in [5, 5.41) is 6.82. The number of H-pyrrole nitrogens is 1. The Morgan fingerprint density at radius 1 is 1.29 bits per heavy atom. The van der Waals surface area contributed by atoms with Gasteiger partial charge in [0.1, 0.15) is 0 Å². The quantitative estimate of drug-likeness (QED) is 0.778. The predicted octanol–water partition coefficient (Wildman–Crippen LogP) is 1.39. The lowest BCUT2D eigenvalue weighted by Crippen LogP contribution is -2.42. The largest absolute Gasteiger partial charge is 0.359 e. The van der Waals surface area contributed by atoms with Crippen molar-refractivity contribution < 1.29 is 4.79 Å². The maximum Gasteiger partial charge on any atom is 0.252 e. The number of rotatable bonds is 5. The normalized spacial score (nSPS) is 11.6. The minimum atomic E-state index is -0.516. The fourth-order valence-corrected chi connectivity index (χ4v) is 2.25. The number of pyridine rings is 1. The van der Waals surface area contributed by atoms with Crippen LogP contribution in [0.15, 0.2) is 35.1 Å². The summed E-state index contributed by atoms with van der Waals surface area (Å²) in [6.45, 7) is 4.66. The number of carbonyl (C=O) groups is 1. The lowest BCUT2D eigenvalue weighted by atomic mass is 9.92. The van der Waals surface area contributed by atoms with Crippen molar-refractivity contribution in [2.45, 2.75) is 20.4 Å². The molecule has 3 N–H and O–H groups in total. The van der Waals surface area contributed by atoms with Crippen LogP contribution in [0.2, 0.25) is 0 Å². The van der Waals surface area contributed by atoms with E-state index in [1.165, 1.54) is 0 Å². The number of amides is 1. The summed E-state index contributed by atoms with van der Waals surface area (Å²) in [6, 6.07) is 9.55. The van der Waals surface area contributed by atoms with Crippen LogP contribution in [-0.2, 0) is 11.3 Å². The van der Waals surface area contributed by atoms with Crippen molar-refractivity contribution in [2.75, 3.05) is 13.6 Å². The summed E-state index contributed by atoms with van der Waals surface area (Å²) < 4.78 is 0. The summed E-state index contributed by atoms with van der Waals surface area (Å²) in [5.41, 5.74) is 0.885. The topological polar surface area (TPSA) is 74.0 Å². The van der Waals surface area contributed by atoms with Crippen LogP contribution in [0.4, 0.5) is 0 Å². The van der Waals surface area contributed by atoms with Crippen LogP contribution in [0, 0.1) is 5.41 Å². The molecule has 0 saturated carbocycles. The molecule has 1 aromatic carbocycles. The lowest BCUT2D eigenvalue weighted by molar-refractivity contribution is -0.128. The molecule has 0 bridgehead atoms. The number of aromatic nitrogens is 1. The molecule has 2 aromatic rings. The summed E-state index contributed by atoms with van der Waals surface area (Å²) in [6.07, 6.45) is 0. The van der Waals surface area contributed by atoms with Crippen LogP contribution >= 0.6 is 0 Å². The standard InChI is InChI=1S/C16H21N3O2/c1-16(2,15(21)17-3)10-18-9-12-8-11-6-4-5-7-13(11)19-14(12)20/h4-8,18H,9-10H2,1-3H3,(H,17,21)(H,19,20). The van der Waals surface area contributed by atoms with E-state index in [-0.39, 0.29) is 11.5 Å². The van der Waals surface area contributed by atoms with E-state index in [0.717, 1.165) is 10.9 Å². The molecule has 112 valence electrons. The molecule has 1 amide bonds. The van der Waals surface area contributed by atoms with Gasteiger partial charge in [-0.2, -0.15) is 0 Å². The van der Waals surface area contributed by atoms with Gasteiger partial charge in [-0.25, -0.2) is 0 Å². The highest BCUT2D eigenvalue weighted by atomic mass is 16.2. The highest BCUT2D eigenvalue weighted by Crippen LogP contribution is 2.14. The zero-order valence-corrected chi connectivity index (χ0v) is 12.6. The van der Waals surface area contributed by atoms with Crippen molar-refractivity contribution in [2.24, 2.45) is 5.41 Å². The zero-order valence-electron chi connectivity index (χ0n) is 12.6. The molecule has 0 aliphatic rings. The second-order valence-corrected chi connectivity index (χ2v) is 5.78. The van der Waals surface area contributed by atoms with Crippen molar-refractivity contribution in [1.82, 2.24) is 15.6 Å². The second-order valence-electron chi connectivity index (χ2n) is 5.78. The number of hydrogen-bond acceptors (Lipinski definition) is 3. The van der Waals surface area contributed by atoms with Gasteiger partial charge in [0, 0.05) is 31.2 Å². The van der Waals surface area contributed by atoms with E-state index in [1.807, 2.05) is 44.2 Å². The van der Waals surface area contributed by atoms with E-state index in [9.17, 15) is 9.59 Å². The third kappa shape index (κ3) is 3.49. The Bertz CT molecular complexity index is 704. The molecule has 0 spiro atoms. The molecular weight excluding hydrogens is 266 g/mol. The number of carbonyl (C=O) groups excluding carboxylic acids is 1. The van der Waals surface area contributed by atoms with Gasteiger partial charge in [-0.1, -0.05) is 18.2 Å². The maximum atomic E-state index is 12.0. The Labute approximate surface area is 123 Å². The van der Waals surface area contributed by atoms with Crippen molar-refractivity contribution in [1.29, 1.82) is 0 Å². The maximum absolute atomic E-state index is 12.0.